The van der Waals surface area contributed by atoms with Crippen molar-refractivity contribution in [1.29, 1.82) is 0 Å². The topological polar surface area (TPSA) is 15.8 Å². The van der Waals surface area contributed by atoms with Crippen LogP contribution in [-0.4, -0.2) is 4.98 Å². The Morgan fingerprint density at radius 1 is 1.17 bits per heavy atom. The molecule has 1 aromatic rings. The van der Waals surface area contributed by atoms with Gasteiger partial charge in [-0.1, -0.05) is 19.3 Å². The average molecular weight is 163 g/mol. The molecule has 1 aliphatic rings. The van der Waals surface area contributed by atoms with Gasteiger partial charge in [-0.2, -0.15) is 0 Å². The molecule has 0 atom stereocenters. The molecule has 0 amide bonds. The van der Waals surface area contributed by atoms with Crippen LogP contribution in [0.4, 0.5) is 0 Å². The maximum absolute atomic E-state index is 3.45. The molecule has 1 fully saturated rings. The fourth-order valence-corrected chi connectivity index (χ4v) is 2.18. The minimum absolute atomic E-state index is 0.826. The van der Waals surface area contributed by atoms with E-state index >= 15 is 0 Å². The molecule has 1 heteroatoms. The van der Waals surface area contributed by atoms with Crippen LogP contribution in [0.2, 0.25) is 0 Å². The predicted octanol–water partition coefficient (Wildman–Crippen LogP) is 3.37. The summed E-state index contributed by atoms with van der Waals surface area (Å²) in [6.45, 7) is 2.13. The van der Waals surface area contributed by atoms with Gasteiger partial charge in [0.05, 0.1) is 0 Å². The highest BCUT2D eigenvalue weighted by atomic mass is 14.7. The van der Waals surface area contributed by atoms with Gasteiger partial charge in [0.25, 0.3) is 0 Å². The minimum atomic E-state index is 0.826. The quantitative estimate of drug-likeness (QED) is 0.653. The highest BCUT2D eigenvalue weighted by Crippen LogP contribution is 2.31. The third kappa shape index (κ3) is 1.55. The van der Waals surface area contributed by atoms with E-state index in [1.807, 2.05) is 0 Å². The second kappa shape index (κ2) is 3.34. The van der Waals surface area contributed by atoms with Gasteiger partial charge >= 0.3 is 0 Å². The van der Waals surface area contributed by atoms with Crippen molar-refractivity contribution in [1.82, 2.24) is 4.98 Å². The Hall–Kier alpha value is -0.720. The van der Waals surface area contributed by atoms with E-state index in [-0.39, 0.29) is 0 Å². The third-order valence-electron chi connectivity index (χ3n) is 2.90. The largest absolute Gasteiger partial charge is 0.362 e. The monoisotopic (exact) mass is 163 g/mol. The van der Waals surface area contributed by atoms with Crippen molar-refractivity contribution in [3.05, 3.63) is 23.5 Å². The molecule has 1 nitrogen and oxygen atoms in total. The molecule has 12 heavy (non-hydrogen) atoms. The fraction of sp³-hybridized carbons (Fsp3) is 0.636. The van der Waals surface area contributed by atoms with Crippen LogP contribution in [0.3, 0.4) is 0 Å². The summed E-state index contributed by atoms with van der Waals surface area (Å²) in [5.74, 6) is 0.826. The molecule has 66 valence electrons. The Labute approximate surface area is 74.2 Å². The standard InChI is InChI=1S/C11H17N/c1-9-7-8-11(12-9)10-5-3-2-4-6-10/h7-8,10,12H,2-6H2,1H3. The molecule has 1 N–H and O–H groups in total. The molecule has 0 bridgehead atoms. The number of aromatic amines is 1. The lowest BCUT2D eigenvalue weighted by Crippen LogP contribution is -2.04. The highest BCUT2D eigenvalue weighted by molar-refractivity contribution is 5.16. The highest BCUT2D eigenvalue weighted by Gasteiger charge is 2.15. The van der Waals surface area contributed by atoms with Crippen molar-refractivity contribution in [2.24, 2.45) is 0 Å². The first-order chi connectivity index (χ1) is 5.86. The van der Waals surface area contributed by atoms with Crippen molar-refractivity contribution in [2.45, 2.75) is 44.9 Å². The summed E-state index contributed by atoms with van der Waals surface area (Å²) >= 11 is 0. The minimum Gasteiger partial charge on any atom is -0.362 e. The van der Waals surface area contributed by atoms with Gasteiger partial charge in [0.1, 0.15) is 0 Å². The number of H-pyrrole nitrogens is 1. The van der Waals surface area contributed by atoms with Crippen LogP contribution in [0.5, 0.6) is 0 Å². The Morgan fingerprint density at radius 2 is 1.92 bits per heavy atom. The van der Waals surface area contributed by atoms with Crippen LogP contribution < -0.4 is 0 Å². The first-order valence-electron chi connectivity index (χ1n) is 5.02. The molecule has 1 saturated carbocycles. The van der Waals surface area contributed by atoms with Crippen molar-refractivity contribution >= 4 is 0 Å². The smallest absolute Gasteiger partial charge is 0.0180 e. The van der Waals surface area contributed by atoms with Crippen LogP contribution >= 0.6 is 0 Å². The molecule has 2 rings (SSSR count). The Kier molecular flexibility index (Phi) is 2.20. The van der Waals surface area contributed by atoms with E-state index in [1.54, 1.807) is 0 Å². The van der Waals surface area contributed by atoms with E-state index in [1.165, 1.54) is 43.5 Å². The maximum atomic E-state index is 3.45. The summed E-state index contributed by atoms with van der Waals surface area (Å²) in [5.41, 5.74) is 2.77. The summed E-state index contributed by atoms with van der Waals surface area (Å²) in [5, 5.41) is 0. The van der Waals surface area contributed by atoms with Gasteiger partial charge in [0.15, 0.2) is 0 Å². The molecule has 1 aliphatic carbocycles. The van der Waals surface area contributed by atoms with Crippen LogP contribution in [0.15, 0.2) is 12.1 Å². The first-order valence-corrected chi connectivity index (χ1v) is 5.02. The van der Waals surface area contributed by atoms with E-state index in [0.717, 1.165) is 5.92 Å². The van der Waals surface area contributed by atoms with E-state index in [2.05, 4.69) is 24.0 Å². The van der Waals surface area contributed by atoms with Gasteiger partial charge in [0.2, 0.25) is 0 Å². The summed E-state index contributed by atoms with van der Waals surface area (Å²) in [7, 11) is 0. The van der Waals surface area contributed by atoms with Gasteiger partial charge < -0.3 is 4.98 Å². The average Bonchev–Trinajstić information content (AvgIpc) is 2.54. The van der Waals surface area contributed by atoms with Crippen LogP contribution in [0.1, 0.15) is 49.4 Å². The number of aryl methyl sites for hydroxylation is 1. The molecule has 1 heterocycles. The van der Waals surface area contributed by atoms with Gasteiger partial charge in [-0.15, -0.1) is 0 Å². The van der Waals surface area contributed by atoms with Crippen molar-refractivity contribution < 1.29 is 0 Å². The predicted molar refractivity (Wildman–Crippen MR) is 51.4 cm³/mol. The number of hydrogen-bond acceptors (Lipinski definition) is 0. The SMILES string of the molecule is Cc1ccc(C2CCCCC2)[nH]1. The molecule has 0 aromatic carbocycles. The molecule has 1 aromatic heterocycles. The fourth-order valence-electron chi connectivity index (χ4n) is 2.18. The summed E-state index contributed by atoms with van der Waals surface area (Å²) in [6, 6.07) is 4.44. The lowest BCUT2D eigenvalue weighted by molar-refractivity contribution is 0.437. The lowest BCUT2D eigenvalue weighted by Gasteiger charge is -2.20. The first kappa shape index (κ1) is 7.90. The zero-order chi connectivity index (χ0) is 8.39. The van der Waals surface area contributed by atoms with Gasteiger partial charge in [0, 0.05) is 11.4 Å². The number of hydrogen-bond donors (Lipinski definition) is 1. The van der Waals surface area contributed by atoms with Gasteiger partial charge in [-0.05, 0) is 37.8 Å². The van der Waals surface area contributed by atoms with Crippen LogP contribution in [-0.2, 0) is 0 Å². The summed E-state index contributed by atoms with van der Waals surface area (Å²) in [4.78, 5) is 3.45. The number of aromatic nitrogens is 1. The van der Waals surface area contributed by atoms with E-state index in [9.17, 15) is 0 Å². The van der Waals surface area contributed by atoms with E-state index < -0.39 is 0 Å². The Morgan fingerprint density at radius 3 is 2.50 bits per heavy atom. The van der Waals surface area contributed by atoms with Crippen LogP contribution in [0.25, 0.3) is 0 Å². The van der Waals surface area contributed by atoms with Gasteiger partial charge in [-0.25, -0.2) is 0 Å². The van der Waals surface area contributed by atoms with Gasteiger partial charge in [-0.3, -0.25) is 0 Å². The number of nitrogens with one attached hydrogen (secondary N) is 1. The molecule has 0 aliphatic heterocycles. The normalized spacial score (nSPS) is 19.8. The summed E-state index contributed by atoms with van der Waals surface area (Å²) in [6.07, 6.45) is 7.06. The zero-order valence-electron chi connectivity index (χ0n) is 7.77. The molecular formula is C11H17N. The second-order valence-corrected chi connectivity index (χ2v) is 3.93. The molecule has 0 spiro atoms. The van der Waals surface area contributed by atoms with Crippen molar-refractivity contribution in [2.75, 3.05) is 0 Å². The third-order valence-corrected chi connectivity index (χ3v) is 2.90. The Balaban J connectivity index is 2.08. The van der Waals surface area contributed by atoms with Crippen molar-refractivity contribution in [3.63, 3.8) is 0 Å². The van der Waals surface area contributed by atoms with Crippen molar-refractivity contribution in [3.8, 4) is 0 Å². The van der Waals surface area contributed by atoms with E-state index in [4.69, 9.17) is 0 Å². The second-order valence-electron chi connectivity index (χ2n) is 3.93. The molecular weight excluding hydrogens is 146 g/mol. The number of rotatable bonds is 1. The molecule has 0 saturated heterocycles. The van der Waals surface area contributed by atoms with Crippen LogP contribution in [0, 0.1) is 6.92 Å². The maximum Gasteiger partial charge on any atom is 0.0180 e. The Bertz CT molecular complexity index is 243. The molecule has 0 radical (unpaired) electrons. The van der Waals surface area contributed by atoms with E-state index in [0.29, 0.717) is 0 Å². The lowest BCUT2D eigenvalue weighted by atomic mass is 9.87. The molecule has 0 unspecified atom stereocenters. The zero-order valence-corrected chi connectivity index (χ0v) is 7.77. The summed E-state index contributed by atoms with van der Waals surface area (Å²) < 4.78 is 0.